The van der Waals surface area contributed by atoms with Crippen LogP contribution in [-0.2, 0) is 0 Å². The van der Waals surface area contributed by atoms with E-state index in [0.717, 1.165) is 13.0 Å². The Kier molecular flexibility index (Phi) is 5.04. The highest BCUT2D eigenvalue weighted by Crippen LogP contribution is 2.26. The van der Waals surface area contributed by atoms with Crippen molar-refractivity contribution in [3.63, 3.8) is 0 Å². The number of hydrogen-bond acceptors (Lipinski definition) is 4. The number of halogens is 2. The quantitative estimate of drug-likeness (QED) is 0.897. The number of aliphatic hydroxyl groups excluding tert-OH is 1. The molecule has 0 aliphatic carbocycles. The highest BCUT2D eigenvalue weighted by molar-refractivity contribution is 6.30. The van der Waals surface area contributed by atoms with Crippen molar-refractivity contribution in [3.8, 4) is 5.75 Å². The summed E-state index contributed by atoms with van der Waals surface area (Å²) in [6.07, 6.45) is -0.305. The van der Waals surface area contributed by atoms with Gasteiger partial charge >= 0.3 is 6.09 Å². The van der Waals surface area contributed by atoms with E-state index in [4.69, 9.17) is 16.3 Å². The highest BCUT2D eigenvalue weighted by atomic mass is 35.5. The van der Waals surface area contributed by atoms with Gasteiger partial charge in [0, 0.05) is 24.2 Å². The Balaban J connectivity index is 1.64. The van der Waals surface area contributed by atoms with Crippen molar-refractivity contribution in [1.29, 1.82) is 0 Å². The predicted molar refractivity (Wildman–Crippen MR) is 84.3 cm³/mol. The fraction of sp³-hybridized carbons (Fsp3) is 0.562. The van der Waals surface area contributed by atoms with Crippen molar-refractivity contribution in [2.75, 3.05) is 19.6 Å². The van der Waals surface area contributed by atoms with Gasteiger partial charge in [0.15, 0.2) is 0 Å². The van der Waals surface area contributed by atoms with Crippen molar-refractivity contribution in [3.05, 3.63) is 29.3 Å². The van der Waals surface area contributed by atoms with Gasteiger partial charge in [-0.2, -0.15) is 0 Å². The third kappa shape index (κ3) is 3.94. The van der Waals surface area contributed by atoms with Crippen LogP contribution < -0.4 is 4.74 Å². The van der Waals surface area contributed by atoms with Crippen LogP contribution in [0.5, 0.6) is 5.75 Å². The first-order valence-electron chi connectivity index (χ1n) is 7.83. The van der Waals surface area contributed by atoms with Crippen LogP contribution in [0.25, 0.3) is 0 Å². The van der Waals surface area contributed by atoms with Gasteiger partial charge in [-0.15, -0.1) is 0 Å². The van der Waals surface area contributed by atoms with E-state index in [1.807, 2.05) is 4.90 Å². The first-order chi connectivity index (χ1) is 11.0. The summed E-state index contributed by atoms with van der Waals surface area (Å²) in [5.74, 6) is 0.373. The van der Waals surface area contributed by atoms with Gasteiger partial charge in [-0.3, -0.25) is 4.90 Å². The van der Waals surface area contributed by atoms with Crippen LogP contribution in [0.15, 0.2) is 24.3 Å². The van der Waals surface area contributed by atoms with E-state index in [9.17, 15) is 14.3 Å². The van der Waals surface area contributed by atoms with Crippen molar-refractivity contribution in [2.24, 2.45) is 0 Å². The zero-order valence-corrected chi connectivity index (χ0v) is 13.5. The number of benzene rings is 1. The minimum absolute atomic E-state index is 0.0207. The second kappa shape index (κ2) is 7.03. The Morgan fingerprint density at radius 3 is 2.70 bits per heavy atom. The monoisotopic (exact) mass is 342 g/mol. The Labute approximate surface area is 139 Å². The number of ether oxygens (including phenoxy) is 1. The van der Waals surface area contributed by atoms with Gasteiger partial charge in [0.05, 0.1) is 6.54 Å². The molecule has 2 aliphatic heterocycles. The third-order valence-corrected chi connectivity index (χ3v) is 4.64. The highest BCUT2D eigenvalue weighted by Gasteiger charge is 2.37. The van der Waals surface area contributed by atoms with E-state index in [1.54, 1.807) is 24.3 Å². The normalized spacial score (nSPS) is 28.8. The minimum atomic E-state index is -1.11. The molecule has 1 amide bonds. The van der Waals surface area contributed by atoms with Crippen LogP contribution in [0, 0.1) is 0 Å². The number of amides is 1. The van der Waals surface area contributed by atoms with Gasteiger partial charge < -0.3 is 14.7 Å². The summed E-state index contributed by atoms with van der Waals surface area (Å²) in [6.45, 7) is 1.12. The zero-order valence-electron chi connectivity index (χ0n) is 12.7. The lowest BCUT2D eigenvalue weighted by Gasteiger charge is -2.39. The summed E-state index contributed by atoms with van der Waals surface area (Å²) in [4.78, 5) is 15.5. The lowest BCUT2D eigenvalue weighted by Crippen LogP contribution is -2.55. The van der Waals surface area contributed by atoms with Crippen molar-refractivity contribution >= 4 is 17.7 Å². The van der Waals surface area contributed by atoms with E-state index in [1.165, 1.54) is 4.90 Å². The van der Waals surface area contributed by atoms with E-state index in [2.05, 4.69) is 0 Å². The molecule has 0 radical (unpaired) electrons. The van der Waals surface area contributed by atoms with Crippen LogP contribution in [0.3, 0.4) is 0 Å². The zero-order chi connectivity index (χ0) is 16.4. The van der Waals surface area contributed by atoms with Gasteiger partial charge in [-0.25, -0.2) is 9.18 Å². The van der Waals surface area contributed by atoms with E-state index in [0.29, 0.717) is 30.2 Å². The average molecular weight is 343 g/mol. The third-order valence-electron chi connectivity index (χ3n) is 4.38. The van der Waals surface area contributed by atoms with Crippen molar-refractivity contribution < 1.29 is 19.0 Å². The fourth-order valence-corrected chi connectivity index (χ4v) is 3.39. The number of rotatable bonds is 2. The fourth-order valence-electron chi connectivity index (χ4n) is 3.27. The number of likely N-dealkylation sites (tertiary alicyclic amines) is 2. The molecule has 1 N–H and O–H groups in total. The molecule has 2 heterocycles. The molecule has 2 saturated heterocycles. The molecule has 0 bridgehead atoms. The molecule has 2 unspecified atom stereocenters. The Bertz CT molecular complexity index is 557. The Morgan fingerprint density at radius 2 is 2.04 bits per heavy atom. The van der Waals surface area contributed by atoms with Crippen LogP contribution in [0.4, 0.5) is 9.18 Å². The molecule has 2 aliphatic rings. The molecule has 0 spiro atoms. The number of nitrogens with zero attached hydrogens (tertiary/aromatic N) is 2. The molecule has 0 saturated carbocycles. The minimum Gasteiger partial charge on any atom is -0.410 e. The van der Waals surface area contributed by atoms with Crippen LogP contribution in [-0.4, -0.2) is 59.1 Å². The van der Waals surface area contributed by atoms with Gasteiger partial charge in [-0.1, -0.05) is 11.6 Å². The molecule has 3 atom stereocenters. The molecule has 7 heteroatoms. The molecular weight excluding hydrogens is 323 g/mol. The van der Waals surface area contributed by atoms with Crippen molar-refractivity contribution in [1.82, 2.24) is 9.80 Å². The molecule has 3 rings (SSSR count). The number of piperidine rings is 1. The number of carbonyl (C=O) groups excluding carboxylic acids is 1. The molecule has 126 valence electrons. The number of hydrogen-bond donors (Lipinski definition) is 1. The molecule has 23 heavy (non-hydrogen) atoms. The van der Waals surface area contributed by atoms with Gasteiger partial charge in [0.2, 0.25) is 0 Å². The predicted octanol–water partition coefficient (Wildman–Crippen LogP) is 2.67. The van der Waals surface area contributed by atoms with Gasteiger partial charge in [0.25, 0.3) is 0 Å². The number of aliphatic hydroxyl groups is 1. The first kappa shape index (κ1) is 16.5. The molecule has 1 aromatic carbocycles. The summed E-state index contributed by atoms with van der Waals surface area (Å²) in [5, 5.41) is 10.5. The molecule has 2 fully saturated rings. The van der Waals surface area contributed by atoms with Gasteiger partial charge in [0.1, 0.15) is 18.1 Å². The summed E-state index contributed by atoms with van der Waals surface area (Å²) in [6, 6.07) is 6.27. The Hall–Kier alpha value is -1.37. The van der Waals surface area contributed by atoms with E-state index >= 15 is 0 Å². The summed E-state index contributed by atoms with van der Waals surface area (Å²) in [7, 11) is 0. The second-order valence-electron chi connectivity index (χ2n) is 6.07. The number of carbonyl (C=O) groups is 1. The second-order valence-corrected chi connectivity index (χ2v) is 6.51. The maximum atomic E-state index is 14.0. The molecular formula is C16H20ClFN2O3. The summed E-state index contributed by atoms with van der Waals surface area (Å²) >= 11 is 5.79. The van der Waals surface area contributed by atoms with Crippen molar-refractivity contribution in [2.45, 2.75) is 37.7 Å². The van der Waals surface area contributed by atoms with Crippen LogP contribution >= 0.6 is 11.6 Å². The smallest absolute Gasteiger partial charge is 0.410 e. The summed E-state index contributed by atoms with van der Waals surface area (Å²) < 4.78 is 19.3. The molecule has 0 aromatic heterocycles. The van der Waals surface area contributed by atoms with E-state index in [-0.39, 0.29) is 12.6 Å². The lowest BCUT2D eigenvalue weighted by atomic mass is 10.0. The van der Waals surface area contributed by atoms with E-state index < -0.39 is 18.5 Å². The SMILES string of the molecule is O=C(Oc1ccc(Cl)cc1)N1CC(N2CCCC2O)C[C@H](F)C1. The largest absolute Gasteiger partial charge is 0.415 e. The first-order valence-corrected chi connectivity index (χ1v) is 8.21. The average Bonchev–Trinajstić information content (AvgIpc) is 2.95. The molecule has 1 aromatic rings. The van der Waals surface area contributed by atoms with Crippen LogP contribution in [0.2, 0.25) is 5.02 Å². The topological polar surface area (TPSA) is 53.0 Å². The standard InChI is InChI=1S/C16H20ClFN2O3/c17-11-3-5-14(6-4-11)23-16(22)19-9-12(18)8-13(10-19)20-7-1-2-15(20)21/h3-6,12-13,15,21H,1-2,7-10H2/t12-,13?,15?/m0/s1. The van der Waals surface area contributed by atoms with Crippen LogP contribution in [0.1, 0.15) is 19.3 Å². The Morgan fingerprint density at radius 1 is 1.30 bits per heavy atom. The molecule has 5 nitrogen and oxygen atoms in total. The summed E-state index contributed by atoms with van der Waals surface area (Å²) in [5.41, 5.74) is 0. The maximum Gasteiger partial charge on any atom is 0.415 e. The number of alkyl halides is 1. The lowest BCUT2D eigenvalue weighted by molar-refractivity contribution is -0.0256. The maximum absolute atomic E-state index is 14.0. The van der Waals surface area contributed by atoms with Gasteiger partial charge in [-0.05, 0) is 43.5 Å².